The molecule has 0 bridgehead atoms. The number of nitrogens with one attached hydrogen (secondary N) is 2. The van der Waals surface area contributed by atoms with Crippen molar-refractivity contribution in [1.82, 2.24) is 20.6 Å². The molecule has 0 unspecified atom stereocenters. The normalized spacial score (nSPS) is 14.3. The van der Waals surface area contributed by atoms with Gasteiger partial charge in [0.1, 0.15) is 11.3 Å². The second-order valence-electron chi connectivity index (χ2n) is 6.85. The molecule has 1 aliphatic rings. The molecule has 1 saturated carbocycles. The second kappa shape index (κ2) is 12.8. The summed E-state index contributed by atoms with van der Waals surface area (Å²) in [4.78, 5) is 13.2. The summed E-state index contributed by atoms with van der Waals surface area (Å²) in [7, 11) is 0. The first kappa shape index (κ1) is 23.7. The lowest BCUT2D eigenvalue weighted by Gasteiger charge is -2.15. The largest absolute Gasteiger partial charge is 0.474 e. The molecule has 0 aliphatic heterocycles. The van der Waals surface area contributed by atoms with E-state index in [-0.39, 0.29) is 30.1 Å². The van der Waals surface area contributed by atoms with Crippen molar-refractivity contribution in [3.63, 3.8) is 0 Å². The van der Waals surface area contributed by atoms with Crippen LogP contribution in [0.2, 0.25) is 5.15 Å². The Balaban J connectivity index is 0.00000300. The maximum absolute atomic E-state index is 6.11. The quantitative estimate of drug-likeness (QED) is 0.230. The average Bonchev–Trinajstić information content (AvgIpc) is 3.22. The van der Waals surface area contributed by atoms with Gasteiger partial charge in [0.15, 0.2) is 5.96 Å². The summed E-state index contributed by atoms with van der Waals surface area (Å²) in [5.41, 5.74) is 2.14. The van der Waals surface area contributed by atoms with Gasteiger partial charge in [-0.3, -0.25) is 0 Å². The second-order valence-corrected chi connectivity index (χ2v) is 7.24. The number of aliphatic imine (C=N–C) groups is 1. The van der Waals surface area contributed by atoms with Gasteiger partial charge < -0.3 is 15.4 Å². The molecule has 2 aromatic rings. The van der Waals surface area contributed by atoms with Crippen molar-refractivity contribution in [3.05, 3.63) is 52.9 Å². The Morgan fingerprint density at radius 1 is 1.21 bits per heavy atom. The maximum atomic E-state index is 6.11. The third kappa shape index (κ3) is 7.97. The number of aromatic nitrogens is 2. The lowest BCUT2D eigenvalue weighted by atomic mass is 10.2. The zero-order chi connectivity index (χ0) is 19.6. The minimum Gasteiger partial charge on any atom is -0.474 e. The first-order valence-corrected chi connectivity index (χ1v) is 10.4. The highest BCUT2D eigenvalue weighted by molar-refractivity contribution is 14.0. The van der Waals surface area contributed by atoms with E-state index in [2.05, 4.69) is 27.5 Å². The van der Waals surface area contributed by atoms with E-state index in [4.69, 9.17) is 21.3 Å². The number of ether oxygens (including phenoxy) is 1. The smallest absolute Gasteiger partial charge is 0.218 e. The first-order chi connectivity index (χ1) is 13.7. The number of hydrogen-bond donors (Lipinski definition) is 2. The van der Waals surface area contributed by atoms with Crippen LogP contribution in [-0.4, -0.2) is 35.1 Å². The Labute approximate surface area is 194 Å². The summed E-state index contributed by atoms with van der Waals surface area (Å²) in [6.45, 7) is 4.13. The fraction of sp³-hybridized carbons (Fsp3) is 0.476. The summed E-state index contributed by atoms with van der Waals surface area (Å²) >= 11 is 5.83. The van der Waals surface area contributed by atoms with Gasteiger partial charge in [0.2, 0.25) is 5.88 Å². The fourth-order valence-electron chi connectivity index (χ4n) is 3.20. The maximum Gasteiger partial charge on any atom is 0.218 e. The molecular weight excluding hydrogens is 501 g/mol. The van der Waals surface area contributed by atoms with Crippen LogP contribution in [0, 0.1) is 0 Å². The molecule has 8 heteroatoms. The van der Waals surface area contributed by atoms with E-state index >= 15 is 0 Å². The number of pyridine rings is 2. The standard InChI is InChI=1S/C21H28ClN5O.HI/c1-2-23-21(25-13-11-16-9-10-19(22)26-14-16)27-15-17-6-5-12-24-20(17)28-18-7-3-4-8-18;/h5-6,9-10,12,14,18H,2-4,7-8,11,13,15H2,1H3,(H2,23,25,27);1H. The van der Waals surface area contributed by atoms with Crippen LogP contribution in [0.15, 0.2) is 41.7 Å². The monoisotopic (exact) mass is 529 g/mol. The van der Waals surface area contributed by atoms with Gasteiger partial charge in [0.25, 0.3) is 0 Å². The first-order valence-electron chi connectivity index (χ1n) is 9.97. The van der Waals surface area contributed by atoms with E-state index in [1.165, 1.54) is 12.8 Å². The van der Waals surface area contributed by atoms with Gasteiger partial charge in [-0.1, -0.05) is 23.7 Å². The Kier molecular flexibility index (Phi) is 10.5. The Bertz CT molecular complexity index is 766. The van der Waals surface area contributed by atoms with Gasteiger partial charge in [-0.05, 0) is 56.7 Å². The Hall–Kier alpha value is -1.61. The van der Waals surface area contributed by atoms with Crippen molar-refractivity contribution in [3.8, 4) is 5.88 Å². The SMILES string of the molecule is CCNC(=NCc1cccnc1OC1CCCC1)NCCc1ccc(Cl)nc1.I. The molecule has 1 fully saturated rings. The minimum absolute atomic E-state index is 0. The highest BCUT2D eigenvalue weighted by atomic mass is 127. The third-order valence-electron chi connectivity index (χ3n) is 4.68. The Morgan fingerprint density at radius 2 is 2.03 bits per heavy atom. The summed E-state index contributed by atoms with van der Waals surface area (Å²) < 4.78 is 6.11. The highest BCUT2D eigenvalue weighted by Gasteiger charge is 2.18. The molecule has 0 radical (unpaired) electrons. The van der Waals surface area contributed by atoms with E-state index in [1.54, 1.807) is 12.4 Å². The molecule has 29 heavy (non-hydrogen) atoms. The zero-order valence-corrected chi connectivity index (χ0v) is 19.8. The lowest BCUT2D eigenvalue weighted by Crippen LogP contribution is -2.38. The van der Waals surface area contributed by atoms with Gasteiger partial charge in [-0.2, -0.15) is 0 Å². The molecule has 3 rings (SSSR count). The predicted molar refractivity (Wildman–Crippen MR) is 128 cm³/mol. The van der Waals surface area contributed by atoms with Crippen LogP contribution in [0.4, 0.5) is 0 Å². The summed E-state index contributed by atoms with van der Waals surface area (Å²) in [5, 5.41) is 7.16. The molecule has 0 spiro atoms. The van der Waals surface area contributed by atoms with Crippen molar-refractivity contribution >= 4 is 41.5 Å². The van der Waals surface area contributed by atoms with Crippen LogP contribution >= 0.6 is 35.6 Å². The molecule has 0 atom stereocenters. The summed E-state index contributed by atoms with van der Waals surface area (Å²) in [5.74, 6) is 1.49. The predicted octanol–water partition coefficient (Wildman–Crippen LogP) is 4.37. The lowest BCUT2D eigenvalue weighted by molar-refractivity contribution is 0.199. The van der Waals surface area contributed by atoms with Crippen molar-refractivity contribution in [2.45, 2.75) is 51.7 Å². The van der Waals surface area contributed by atoms with Crippen LogP contribution in [0.3, 0.4) is 0 Å². The van der Waals surface area contributed by atoms with Crippen molar-refractivity contribution in [2.75, 3.05) is 13.1 Å². The minimum atomic E-state index is 0. The third-order valence-corrected chi connectivity index (χ3v) is 4.90. The number of hydrogen-bond acceptors (Lipinski definition) is 4. The molecule has 2 heterocycles. The van der Waals surface area contributed by atoms with Crippen LogP contribution in [0.1, 0.15) is 43.7 Å². The van der Waals surface area contributed by atoms with Gasteiger partial charge in [-0.15, -0.1) is 24.0 Å². The van der Waals surface area contributed by atoms with E-state index < -0.39 is 0 Å². The van der Waals surface area contributed by atoms with Gasteiger partial charge in [0.05, 0.1) is 6.54 Å². The molecule has 0 aromatic carbocycles. The topological polar surface area (TPSA) is 71.4 Å². The molecule has 2 N–H and O–H groups in total. The number of guanidine groups is 1. The van der Waals surface area contributed by atoms with Crippen LogP contribution in [0.25, 0.3) is 0 Å². The Morgan fingerprint density at radius 3 is 2.76 bits per heavy atom. The number of nitrogens with zero attached hydrogens (tertiary/aromatic N) is 3. The van der Waals surface area contributed by atoms with Gasteiger partial charge in [0, 0.05) is 31.0 Å². The van der Waals surface area contributed by atoms with Crippen molar-refractivity contribution < 1.29 is 4.74 Å². The molecule has 6 nitrogen and oxygen atoms in total. The molecule has 2 aromatic heterocycles. The number of rotatable bonds is 8. The van der Waals surface area contributed by atoms with Crippen molar-refractivity contribution in [1.29, 1.82) is 0 Å². The van der Waals surface area contributed by atoms with Crippen LogP contribution < -0.4 is 15.4 Å². The molecule has 1 aliphatic carbocycles. The summed E-state index contributed by atoms with van der Waals surface area (Å²) in [6, 6.07) is 7.76. The van der Waals surface area contributed by atoms with Crippen LogP contribution in [0.5, 0.6) is 5.88 Å². The zero-order valence-electron chi connectivity index (χ0n) is 16.7. The van der Waals surface area contributed by atoms with E-state index in [1.807, 2.05) is 24.3 Å². The molecule has 0 saturated heterocycles. The van der Waals surface area contributed by atoms with E-state index in [0.29, 0.717) is 17.6 Å². The summed E-state index contributed by atoms with van der Waals surface area (Å²) in [6.07, 6.45) is 9.42. The molecular formula is C21H29ClIN5O. The highest BCUT2D eigenvalue weighted by Crippen LogP contribution is 2.25. The van der Waals surface area contributed by atoms with Crippen molar-refractivity contribution in [2.24, 2.45) is 4.99 Å². The van der Waals surface area contributed by atoms with Crippen LogP contribution in [-0.2, 0) is 13.0 Å². The average molecular weight is 530 g/mol. The fourth-order valence-corrected chi connectivity index (χ4v) is 3.31. The van der Waals surface area contributed by atoms with Gasteiger partial charge in [-0.25, -0.2) is 15.0 Å². The van der Waals surface area contributed by atoms with Gasteiger partial charge >= 0.3 is 0 Å². The number of halogens is 2. The van der Waals surface area contributed by atoms with E-state index in [0.717, 1.165) is 49.4 Å². The molecule has 158 valence electrons. The van der Waals surface area contributed by atoms with E-state index in [9.17, 15) is 0 Å². The molecule has 0 amide bonds.